The first-order valence-corrected chi connectivity index (χ1v) is 6.31. The first-order valence-electron chi connectivity index (χ1n) is 6.31. The van der Waals surface area contributed by atoms with Gasteiger partial charge in [0, 0.05) is 24.7 Å². The van der Waals surface area contributed by atoms with Gasteiger partial charge in [-0.2, -0.15) is 0 Å². The maximum absolute atomic E-state index is 13.4. The second kappa shape index (κ2) is 5.77. The summed E-state index contributed by atoms with van der Waals surface area (Å²) in [5, 5.41) is 11.1. The van der Waals surface area contributed by atoms with E-state index < -0.39 is 11.9 Å². The van der Waals surface area contributed by atoms with E-state index in [1.165, 1.54) is 17.0 Å². The van der Waals surface area contributed by atoms with Gasteiger partial charge in [-0.3, -0.25) is 4.79 Å². The minimum Gasteiger partial charge on any atom is -0.465 e. The second-order valence-corrected chi connectivity index (χ2v) is 4.78. The van der Waals surface area contributed by atoms with Crippen molar-refractivity contribution in [2.75, 3.05) is 18.8 Å². The number of benzene rings is 1. The number of piperidine rings is 1. The highest BCUT2D eigenvalue weighted by Crippen LogP contribution is 2.17. The van der Waals surface area contributed by atoms with Gasteiger partial charge in [0.25, 0.3) is 5.91 Å². The first-order chi connectivity index (χ1) is 9.47. The standard InChI is InChI=1S/C13H16FN3O3/c14-10-6-8(3-4-11(10)15)12(18)17-5-1-2-9(7-17)16-13(19)20/h3-4,6,9,16H,1-2,5,7,15H2,(H,19,20)/t9-/m0/s1. The van der Waals surface area contributed by atoms with Gasteiger partial charge in [-0.1, -0.05) is 0 Å². The highest BCUT2D eigenvalue weighted by Gasteiger charge is 2.25. The van der Waals surface area contributed by atoms with E-state index in [1.54, 1.807) is 0 Å². The number of amides is 2. The number of nitrogens with two attached hydrogens (primary N) is 1. The lowest BCUT2D eigenvalue weighted by molar-refractivity contribution is 0.0692. The summed E-state index contributed by atoms with van der Waals surface area (Å²) >= 11 is 0. The lowest BCUT2D eigenvalue weighted by Crippen LogP contribution is -2.49. The van der Waals surface area contributed by atoms with Crippen LogP contribution in [0.1, 0.15) is 23.2 Å². The zero-order valence-corrected chi connectivity index (χ0v) is 10.8. The molecule has 108 valence electrons. The predicted molar refractivity (Wildman–Crippen MR) is 70.9 cm³/mol. The normalized spacial score (nSPS) is 18.6. The largest absolute Gasteiger partial charge is 0.465 e. The molecule has 0 aliphatic carbocycles. The molecule has 20 heavy (non-hydrogen) atoms. The molecule has 2 amide bonds. The van der Waals surface area contributed by atoms with Crippen molar-refractivity contribution in [1.82, 2.24) is 10.2 Å². The molecule has 0 saturated carbocycles. The fourth-order valence-electron chi connectivity index (χ4n) is 2.30. The molecule has 2 rings (SSSR count). The van der Waals surface area contributed by atoms with Crippen LogP contribution >= 0.6 is 0 Å². The number of carbonyl (C=O) groups is 2. The average Bonchev–Trinajstić information content (AvgIpc) is 2.40. The van der Waals surface area contributed by atoms with Crippen LogP contribution in [0.3, 0.4) is 0 Å². The Kier molecular flexibility index (Phi) is 4.07. The molecule has 6 nitrogen and oxygen atoms in total. The van der Waals surface area contributed by atoms with Crippen molar-refractivity contribution >= 4 is 17.7 Å². The van der Waals surface area contributed by atoms with Crippen molar-refractivity contribution in [1.29, 1.82) is 0 Å². The van der Waals surface area contributed by atoms with Gasteiger partial charge in [0.15, 0.2) is 0 Å². The maximum atomic E-state index is 13.4. The third-order valence-electron chi connectivity index (χ3n) is 3.28. The van der Waals surface area contributed by atoms with Gasteiger partial charge in [-0.15, -0.1) is 0 Å². The van der Waals surface area contributed by atoms with Gasteiger partial charge in [0.05, 0.1) is 5.69 Å². The zero-order chi connectivity index (χ0) is 14.7. The molecule has 1 aliphatic rings. The van der Waals surface area contributed by atoms with Crippen LogP contribution in [0.25, 0.3) is 0 Å². The number of anilines is 1. The quantitative estimate of drug-likeness (QED) is 0.711. The van der Waals surface area contributed by atoms with E-state index >= 15 is 0 Å². The molecule has 1 fully saturated rings. The molecule has 7 heteroatoms. The highest BCUT2D eigenvalue weighted by atomic mass is 19.1. The van der Waals surface area contributed by atoms with Gasteiger partial charge in [-0.25, -0.2) is 9.18 Å². The van der Waals surface area contributed by atoms with E-state index in [0.29, 0.717) is 19.4 Å². The maximum Gasteiger partial charge on any atom is 0.404 e. The summed E-state index contributed by atoms with van der Waals surface area (Å²) in [6.07, 6.45) is 0.281. The Morgan fingerprint density at radius 1 is 1.45 bits per heavy atom. The molecule has 0 unspecified atom stereocenters. The number of hydrogen-bond acceptors (Lipinski definition) is 3. The Labute approximate surface area is 115 Å². The molecule has 0 aromatic heterocycles. The smallest absolute Gasteiger partial charge is 0.404 e. The Morgan fingerprint density at radius 2 is 2.20 bits per heavy atom. The molecule has 0 bridgehead atoms. The Balaban J connectivity index is 2.08. The minimum absolute atomic E-state index is 0.00869. The number of halogens is 1. The summed E-state index contributed by atoms with van der Waals surface area (Å²) in [4.78, 5) is 24.4. The Bertz CT molecular complexity index is 536. The lowest BCUT2D eigenvalue weighted by atomic mass is 10.0. The molecule has 1 saturated heterocycles. The van der Waals surface area contributed by atoms with Crippen molar-refractivity contribution in [2.45, 2.75) is 18.9 Å². The molecule has 1 aromatic carbocycles. The second-order valence-electron chi connectivity index (χ2n) is 4.78. The number of hydrogen-bond donors (Lipinski definition) is 3. The average molecular weight is 281 g/mol. The van der Waals surface area contributed by atoms with Gasteiger partial charge < -0.3 is 21.1 Å². The molecule has 0 radical (unpaired) electrons. The van der Waals surface area contributed by atoms with Crippen molar-refractivity contribution < 1.29 is 19.1 Å². The fourth-order valence-corrected chi connectivity index (χ4v) is 2.30. The summed E-state index contributed by atoms with van der Waals surface area (Å²) in [6.45, 7) is 0.819. The number of nitrogens with zero attached hydrogens (tertiary/aromatic N) is 1. The lowest BCUT2D eigenvalue weighted by Gasteiger charge is -2.32. The number of nitrogens with one attached hydrogen (secondary N) is 1. The van der Waals surface area contributed by atoms with Crippen molar-refractivity contribution in [3.63, 3.8) is 0 Å². The summed E-state index contributed by atoms with van der Waals surface area (Å²) in [5.74, 6) is -0.950. The highest BCUT2D eigenvalue weighted by molar-refractivity contribution is 5.94. The molecular weight excluding hydrogens is 265 g/mol. The Morgan fingerprint density at radius 3 is 2.85 bits per heavy atom. The van der Waals surface area contributed by atoms with E-state index in [1.807, 2.05) is 0 Å². The van der Waals surface area contributed by atoms with Crippen molar-refractivity contribution in [3.8, 4) is 0 Å². The summed E-state index contributed by atoms with van der Waals surface area (Å²) in [6, 6.07) is 3.63. The third-order valence-corrected chi connectivity index (χ3v) is 3.28. The van der Waals surface area contributed by atoms with Crippen LogP contribution in [0.4, 0.5) is 14.9 Å². The van der Waals surface area contributed by atoms with Crippen molar-refractivity contribution in [3.05, 3.63) is 29.6 Å². The monoisotopic (exact) mass is 281 g/mol. The number of carbonyl (C=O) groups excluding carboxylic acids is 1. The first kappa shape index (κ1) is 14.1. The number of nitrogen functional groups attached to an aromatic ring is 1. The van der Waals surface area contributed by atoms with E-state index in [0.717, 1.165) is 6.07 Å². The van der Waals surface area contributed by atoms with Crippen LogP contribution in [0, 0.1) is 5.82 Å². The van der Waals surface area contributed by atoms with Crippen molar-refractivity contribution in [2.24, 2.45) is 0 Å². The summed E-state index contributed by atoms with van der Waals surface area (Å²) in [7, 11) is 0. The number of rotatable bonds is 2. The molecule has 1 atom stereocenters. The molecule has 0 spiro atoms. The van der Waals surface area contributed by atoms with Crippen LogP contribution in [0.15, 0.2) is 18.2 Å². The minimum atomic E-state index is -1.11. The van der Waals surface area contributed by atoms with E-state index in [-0.39, 0.29) is 29.7 Å². The zero-order valence-electron chi connectivity index (χ0n) is 10.8. The number of likely N-dealkylation sites (tertiary alicyclic amines) is 1. The fraction of sp³-hybridized carbons (Fsp3) is 0.385. The van der Waals surface area contributed by atoms with Crippen LogP contribution < -0.4 is 11.1 Å². The van der Waals surface area contributed by atoms with Gasteiger partial charge >= 0.3 is 6.09 Å². The van der Waals surface area contributed by atoms with E-state index in [9.17, 15) is 14.0 Å². The molecule has 1 aromatic rings. The third kappa shape index (κ3) is 3.17. The van der Waals surface area contributed by atoms with Crippen LogP contribution in [0.2, 0.25) is 0 Å². The van der Waals surface area contributed by atoms with Crippen LogP contribution in [-0.2, 0) is 0 Å². The summed E-state index contributed by atoms with van der Waals surface area (Å²) < 4.78 is 13.4. The van der Waals surface area contributed by atoms with Crippen LogP contribution in [-0.4, -0.2) is 41.1 Å². The molecule has 1 heterocycles. The van der Waals surface area contributed by atoms with E-state index in [2.05, 4.69) is 5.32 Å². The molecular formula is C13H16FN3O3. The topological polar surface area (TPSA) is 95.7 Å². The van der Waals surface area contributed by atoms with Crippen LogP contribution in [0.5, 0.6) is 0 Å². The predicted octanol–water partition coefficient (Wildman–Crippen LogP) is 1.28. The SMILES string of the molecule is Nc1ccc(C(=O)N2CCC[C@H](NC(=O)O)C2)cc1F. The molecule has 4 N–H and O–H groups in total. The van der Waals surface area contributed by atoms with E-state index in [4.69, 9.17) is 10.8 Å². The Hall–Kier alpha value is -2.31. The molecule has 1 aliphatic heterocycles. The van der Waals surface area contributed by atoms with Gasteiger partial charge in [-0.05, 0) is 31.0 Å². The number of carboxylic acid groups (broad SMARTS) is 1. The van der Waals surface area contributed by atoms with Gasteiger partial charge in [0.2, 0.25) is 0 Å². The summed E-state index contributed by atoms with van der Waals surface area (Å²) in [5.41, 5.74) is 5.58. The van der Waals surface area contributed by atoms with Gasteiger partial charge in [0.1, 0.15) is 5.82 Å².